The Bertz CT molecular complexity index is 291. The summed E-state index contributed by atoms with van der Waals surface area (Å²) in [4.78, 5) is 11.9. The fourth-order valence-electron chi connectivity index (χ4n) is 0.914. The second kappa shape index (κ2) is 3.02. The summed E-state index contributed by atoms with van der Waals surface area (Å²) in [6.07, 6.45) is 0. The van der Waals surface area contributed by atoms with Crippen molar-refractivity contribution in [3.05, 3.63) is 21.9 Å². The maximum absolute atomic E-state index is 11.0. The van der Waals surface area contributed by atoms with Crippen molar-refractivity contribution in [3.63, 3.8) is 0 Å². The van der Waals surface area contributed by atoms with Crippen molar-refractivity contribution in [1.82, 2.24) is 0 Å². The van der Waals surface area contributed by atoms with Crippen LogP contribution in [0.1, 0.15) is 42.9 Å². The number of Topliss-reactive ketones (excluding diaryl/α,β-unsaturated/α-hetero) is 1. The summed E-state index contributed by atoms with van der Waals surface area (Å²) < 4.78 is 0. The highest BCUT2D eigenvalue weighted by molar-refractivity contribution is 7.12. The van der Waals surface area contributed by atoms with Crippen molar-refractivity contribution < 1.29 is 4.79 Å². The van der Waals surface area contributed by atoms with Gasteiger partial charge in [0.1, 0.15) is 0 Å². The zero-order chi connectivity index (χ0) is 9.35. The van der Waals surface area contributed by atoms with Crippen LogP contribution in [0.3, 0.4) is 0 Å². The highest BCUT2D eigenvalue weighted by Gasteiger charge is 2.16. The molecule has 0 radical (unpaired) electrons. The number of thiophene rings is 1. The third kappa shape index (κ3) is 1.95. The fraction of sp³-hybridized carbons (Fsp3) is 0.500. The van der Waals surface area contributed by atoms with Crippen LogP contribution in [-0.2, 0) is 5.41 Å². The van der Waals surface area contributed by atoms with Gasteiger partial charge in [-0.25, -0.2) is 0 Å². The van der Waals surface area contributed by atoms with Crippen molar-refractivity contribution >= 4 is 17.1 Å². The van der Waals surface area contributed by atoms with Crippen LogP contribution in [0.5, 0.6) is 0 Å². The van der Waals surface area contributed by atoms with E-state index in [0.29, 0.717) is 0 Å². The molecule has 1 rings (SSSR count). The van der Waals surface area contributed by atoms with Crippen molar-refractivity contribution in [2.45, 2.75) is 33.1 Å². The van der Waals surface area contributed by atoms with Crippen LogP contribution >= 0.6 is 11.3 Å². The standard InChI is InChI=1S/C10H14OS/c1-7(11)9-5-8(6-12-9)10(2,3)4/h5-6H,1-4H3. The highest BCUT2D eigenvalue weighted by Crippen LogP contribution is 2.27. The maximum Gasteiger partial charge on any atom is 0.169 e. The molecule has 1 nitrogen and oxygen atoms in total. The third-order valence-electron chi connectivity index (χ3n) is 1.81. The summed E-state index contributed by atoms with van der Waals surface area (Å²) in [5.41, 5.74) is 1.40. The van der Waals surface area contributed by atoms with Crippen molar-refractivity contribution in [2.75, 3.05) is 0 Å². The maximum atomic E-state index is 11.0. The molecule has 66 valence electrons. The Hall–Kier alpha value is -0.630. The molecule has 0 aromatic carbocycles. The first-order valence-electron chi connectivity index (χ1n) is 4.01. The van der Waals surface area contributed by atoms with E-state index in [1.54, 1.807) is 6.92 Å². The molecular formula is C10H14OS. The Morgan fingerprint density at radius 3 is 2.25 bits per heavy atom. The van der Waals surface area contributed by atoms with Crippen molar-refractivity contribution in [3.8, 4) is 0 Å². The molecule has 0 atom stereocenters. The monoisotopic (exact) mass is 182 g/mol. The first-order valence-corrected chi connectivity index (χ1v) is 4.89. The van der Waals surface area contributed by atoms with Gasteiger partial charge in [-0.1, -0.05) is 20.8 Å². The number of hydrogen-bond donors (Lipinski definition) is 0. The van der Waals surface area contributed by atoms with E-state index >= 15 is 0 Å². The number of carbonyl (C=O) groups excluding carboxylic acids is 1. The van der Waals surface area contributed by atoms with Gasteiger partial charge in [-0.05, 0) is 29.3 Å². The molecule has 0 saturated heterocycles. The molecule has 0 aliphatic carbocycles. The molecule has 0 fully saturated rings. The predicted octanol–water partition coefficient (Wildman–Crippen LogP) is 3.25. The van der Waals surface area contributed by atoms with Gasteiger partial charge in [0, 0.05) is 0 Å². The zero-order valence-corrected chi connectivity index (χ0v) is 8.79. The van der Waals surface area contributed by atoms with E-state index in [0.717, 1.165) is 4.88 Å². The molecule has 0 aliphatic heterocycles. The summed E-state index contributed by atoms with van der Waals surface area (Å²) in [7, 11) is 0. The molecule has 0 bridgehead atoms. The van der Waals surface area contributed by atoms with Gasteiger partial charge < -0.3 is 0 Å². The molecule has 1 heterocycles. The number of rotatable bonds is 1. The van der Waals surface area contributed by atoms with E-state index in [2.05, 4.69) is 26.2 Å². The first kappa shape index (κ1) is 9.46. The van der Waals surface area contributed by atoms with Crippen LogP contribution in [-0.4, -0.2) is 5.78 Å². The van der Waals surface area contributed by atoms with Gasteiger partial charge in [-0.15, -0.1) is 11.3 Å². The number of ketones is 1. The van der Waals surface area contributed by atoms with E-state index in [1.807, 2.05) is 6.07 Å². The minimum Gasteiger partial charge on any atom is -0.294 e. The lowest BCUT2D eigenvalue weighted by atomic mass is 9.89. The Morgan fingerprint density at radius 1 is 1.42 bits per heavy atom. The van der Waals surface area contributed by atoms with Gasteiger partial charge >= 0.3 is 0 Å². The molecule has 2 heteroatoms. The number of hydrogen-bond acceptors (Lipinski definition) is 2. The Kier molecular flexibility index (Phi) is 2.38. The van der Waals surface area contributed by atoms with Gasteiger partial charge in [0.15, 0.2) is 5.78 Å². The normalized spacial score (nSPS) is 11.7. The molecular weight excluding hydrogens is 168 g/mol. The van der Waals surface area contributed by atoms with Crippen LogP contribution in [0.2, 0.25) is 0 Å². The van der Waals surface area contributed by atoms with E-state index in [-0.39, 0.29) is 11.2 Å². The third-order valence-corrected chi connectivity index (χ3v) is 2.84. The average molecular weight is 182 g/mol. The lowest BCUT2D eigenvalue weighted by molar-refractivity contribution is 0.102. The SMILES string of the molecule is CC(=O)c1cc(C(C)(C)C)cs1. The molecule has 0 aliphatic rings. The Labute approximate surface area is 77.4 Å². The minimum absolute atomic E-state index is 0.157. The fourth-order valence-corrected chi connectivity index (χ4v) is 1.95. The van der Waals surface area contributed by atoms with Gasteiger partial charge in [0.2, 0.25) is 0 Å². The quantitative estimate of drug-likeness (QED) is 0.609. The summed E-state index contributed by atoms with van der Waals surface area (Å²) in [5, 5.41) is 2.07. The zero-order valence-electron chi connectivity index (χ0n) is 7.97. The van der Waals surface area contributed by atoms with Crippen LogP contribution in [0.25, 0.3) is 0 Å². The summed E-state index contributed by atoms with van der Waals surface area (Å²) in [6, 6.07) is 1.99. The summed E-state index contributed by atoms with van der Waals surface area (Å²) in [6.45, 7) is 8.06. The van der Waals surface area contributed by atoms with Gasteiger partial charge in [0.25, 0.3) is 0 Å². The molecule has 0 amide bonds. The predicted molar refractivity (Wildman–Crippen MR) is 53.0 cm³/mol. The average Bonchev–Trinajstić information content (AvgIpc) is 2.30. The molecule has 0 saturated carbocycles. The van der Waals surface area contributed by atoms with E-state index in [4.69, 9.17) is 0 Å². The van der Waals surface area contributed by atoms with Crippen LogP contribution < -0.4 is 0 Å². The molecule has 0 spiro atoms. The van der Waals surface area contributed by atoms with Crippen molar-refractivity contribution in [2.24, 2.45) is 0 Å². The molecule has 1 aromatic rings. The molecule has 0 N–H and O–H groups in total. The summed E-state index contributed by atoms with van der Waals surface area (Å²) >= 11 is 1.53. The highest BCUT2D eigenvalue weighted by atomic mass is 32.1. The van der Waals surface area contributed by atoms with Crippen LogP contribution in [0.15, 0.2) is 11.4 Å². The van der Waals surface area contributed by atoms with Gasteiger partial charge in [-0.3, -0.25) is 4.79 Å². The Morgan fingerprint density at radius 2 is 2.00 bits per heavy atom. The van der Waals surface area contributed by atoms with Crippen molar-refractivity contribution in [1.29, 1.82) is 0 Å². The second-order valence-electron chi connectivity index (χ2n) is 4.01. The molecule has 12 heavy (non-hydrogen) atoms. The van der Waals surface area contributed by atoms with Gasteiger partial charge in [-0.2, -0.15) is 0 Å². The molecule has 1 aromatic heterocycles. The van der Waals surface area contributed by atoms with E-state index in [9.17, 15) is 4.79 Å². The smallest absolute Gasteiger partial charge is 0.169 e. The van der Waals surface area contributed by atoms with E-state index in [1.165, 1.54) is 16.9 Å². The summed E-state index contributed by atoms with van der Waals surface area (Å²) in [5.74, 6) is 0.163. The van der Waals surface area contributed by atoms with E-state index < -0.39 is 0 Å². The van der Waals surface area contributed by atoms with Crippen LogP contribution in [0, 0.1) is 0 Å². The molecule has 0 unspecified atom stereocenters. The minimum atomic E-state index is 0.157. The Balaban J connectivity index is 3.00. The largest absolute Gasteiger partial charge is 0.294 e. The second-order valence-corrected chi connectivity index (χ2v) is 4.92. The lowest BCUT2D eigenvalue weighted by Crippen LogP contribution is -2.09. The lowest BCUT2D eigenvalue weighted by Gasteiger charge is -2.15. The van der Waals surface area contributed by atoms with Crippen LogP contribution in [0.4, 0.5) is 0 Å². The van der Waals surface area contributed by atoms with Gasteiger partial charge in [0.05, 0.1) is 4.88 Å². The topological polar surface area (TPSA) is 17.1 Å². The number of carbonyl (C=O) groups is 1. The first-order chi connectivity index (χ1) is 5.41.